The molecule has 0 aliphatic carbocycles. The molecule has 0 saturated carbocycles. The Balaban J connectivity index is 1.41. The Kier molecular flexibility index (Phi) is 5.96. The number of hydrogen-bond donors (Lipinski definition) is 3. The molecule has 8 nitrogen and oxygen atoms in total. The summed E-state index contributed by atoms with van der Waals surface area (Å²) in [5.41, 5.74) is 4.97. The highest BCUT2D eigenvalue weighted by molar-refractivity contribution is 7.15. The van der Waals surface area contributed by atoms with Gasteiger partial charge >= 0.3 is 0 Å². The van der Waals surface area contributed by atoms with Crippen LogP contribution in [-0.2, 0) is 4.79 Å². The molecule has 0 saturated heterocycles. The number of amides is 1. The summed E-state index contributed by atoms with van der Waals surface area (Å²) < 4.78 is 15.2. The van der Waals surface area contributed by atoms with Crippen molar-refractivity contribution in [3.63, 3.8) is 0 Å². The number of halogens is 1. The predicted octanol–water partition coefficient (Wildman–Crippen LogP) is 6.72. The standard InChI is InChI=1S/C28H24FN7OS/c1-14(2)8-23(37)32-18-9-17(12-30-13-18)16-10-19-24(20(29)11-16)35-36-25(19)28-33-21-6-7-31-27(26(21)34-28)22-5-4-15(3)38-22/h4-7,9-14H,8H2,1-3H3,(H,32,37)(H,33,34)(H,35,36). The molecule has 0 aliphatic rings. The number of benzene rings is 1. The minimum absolute atomic E-state index is 0.0887. The number of carbonyl (C=O) groups excluding carboxylic acids is 1. The van der Waals surface area contributed by atoms with E-state index in [1.807, 2.05) is 32.0 Å². The molecule has 0 unspecified atom stereocenters. The number of imidazole rings is 1. The third-order valence-corrected chi connectivity index (χ3v) is 7.18. The first-order valence-corrected chi connectivity index (χ1v) is 13.0. The number of anilines is 1. The highest BCUT2D eigenvalue weighted by Crippen LogP contribution is 2.35. The average molecular weight is 526 g/mol. The van der Waals surface area contributed by atoms with Gasteiger partial charge in [-0.1, -0.05) is 13.8 Å². The van der Waals surface area contributed by atoms with Gasteiger partial charge in [-0.2, -0.15) is 5.10 Å². The summed E-state index contributed by atoms with van der Waals surface area (Å²) in [6, 6.07) is 11.0. The molecule has 6 rings (SSSR count). The number of aromatic amines is 2. The lowest BCUT2D eigenvalue weighted by Crippen LogP contribution is -2.13. The van der Waals surface area contributed by atoms with Crippen LogP contribution in [0.4, 0.5) is 10.1 Å². The van der Waals surface area contributed by atoms with E-state index in [-0.39, 0.29) is 17.3 Å². The fourth-order valence-corrected chi connectivity index (χ4v) is 5.33. The van der Waals surface area contributed by atoms with Gasteiger partial charge in [0.1, 0.15) is 22.4 Å². The molecular formula is C28H24FN7OS. The van der Waals surface area contributed by atoms with Gasteiger partial charge in [-0.3, -0.25) is 19.9 Å². The molecule has 0 spiro atoms. The SMILES string of the molecule is Cc1ccc(-c2nccc3[nH]c(-c4[nH]nc5c(F)cc(-c6cncc(NC(=O)CC(C)C)c6)cc45)nc23)s1. The van der Waals surface area contributed by atoms with E-state index < -0.39 is 5.82 Å². The number of pyridine rings is 2. The highest BCUT2D eigenvalue weighted by Gasteiger charge is 2.19. The summed E-state index contributed by atoms with van der Waals surface area (Å²) in [5, 5.41) is 10.6. The second-order valence-corrected chi connectivity index (χ2v) is 10.9. The largest absolute Gasteiger partial charge is 0.337 e. The number of carbonyl (C=O) groups is 1. The molecule has 1 amide bonds. The van der Waals surface area contributed by atoms with Crippen molar-refractivity contribution in [2.75, 3.05) is 5.32 Å². The maximum atomic E-state index is 15.2. The van der Waals surface area contributed by atoms with Gasteiger partial charge in [0.05, 0.1) is 22.3 Å². The molecule has 10 heteroatoms. The molecule has 5 aromatic heterocycles. The lowest BCUT2D eigenvalue weighted by atomic mass is 10.0. The summed E-state index contributed by atoms with van der Waals surface area (Å²) in [4.78, 5) is 31.4. The lowest BCUT2D eigenvalue weighted by molar-refractivity contribution is -0.116. The van der Waals surface area contributed by atoms with Gasteiger partial charge in [0.15, 0.2) is 11.6 Å². The fourth-order valence-electron chi connectivity index (χ4n) is 4.47. The van der Waals surface area contributed by atoms with E-state index in [0.29, 0.717) is 40.1 Å². The van der Waals surface area contributed by atoms with Gasteiger partial charge in [0.25, 0.3) is 0 Å². The Bertz CT molecular complexity index is 1820. The topological polar surface area (TPSA) is 112 Å². The first kappa shape index (κ1) is 23.9. The van der Waals surface area contributed by atoms with Crippen molar-refractivity contribution in [2.45, 2.75) is 27.2 Å². The molecule has 0 aliphatic heterocycles. The summed E-state index contributed by atoms with van der Waals surface area (Å²) >= 11 is 1.66. The Morgan fingerprint density at radius 2 is 1.97 bits per heavy atom. The molecule has 190 valence electrons. The Morgan fingerprint density at radius 1 is 1.11 bits per heavy atom. The van der Waals surface area contributed by atoms with E-state index in [1.54, 1.807) is 36.0 Å². The zero-order chi connectivity index (χ0) is 26.4. The molecule has 5 heterocycles. The predicted molar refractivity (Wildman–Crippen MR) is 148 cm³/mol. The van der Waals surface area contributed by atoms with E-state index in [0.717, 1.165) is 21.6 Å². The van der Waals surface area contributed by atoms with E-state index in [1.165, 1.54) is 10.9 Å². The first-order valence-electron chi connectivity index (χ1n) is 12.2. The molecule has 38 heavy (non-hydrogen) atoms. The smallest absolute Gasteiger partial charge is 0.224 e. The molecule has 0 bridgehead atoms. The minimum atomic E-state index is -0.471. The van der Waals surface area contributed by atoms with Crippen molar-refractivity contribution >= 4 is 44.9 Å². The maximum Gasteiger partial charge on any atom is 0.224 e. The zero-order valence-electron chi connectivity index (χ0n) is 21.0. The molecule has 6 aromatic rings. The molecule has 0 fully saturated rings. The third kappa shape index (κ3) is 4.43. The summed E-state index contributed by atoms with van der Waals surface area (Å²) in [5.74, 6) is 0.215. The first-order chi connectivity index (χ1) is 18.4. The number of hydrogen-bond acceptors (Lipinski definition) is 6. The van der Waals surface area contributed by atoms with Crippen molar-refractivity contribution < 1.29 is 9.18 Å². The van der Waals surface area contributed by atoms with Crippen molar-refractivity contribution in [3.8, 4) is 33.2 Å². The van der Waals surface area contributed by atoms with Crippen LogP contribution >= 0.6 is 11.3 Å². The Labute approximate surface area is 221 Å². The van der Waals surface area contributed by atoms with Crippen LogP contribution in [0.3, 0.4) is 0 Å². The second-order valence-electron chi connectivity index (χ2n) is 9.61. The number of H-pyrrole nitrogens is 2. The number of thiophene rings is 1. The van der Waals surface area contributed by atoms with Crippen LogP contribution in [0.25, 0.3) is 55.2 Å². The molecule has 3 N–H and O–H groups in total. The molecular weight excluding hydrogens is 501 g/mol. The van der Waals surface area contributed by atoms with Gasteiger partial charge in [0, 0.05) is 34.6 Å². The summed E-state index contributed by atoms with van der Waals surface area (Å²) in [7, 11) is 0. The van der Waals surface area contributed by atoms with E-state index >= 15 is 4.39 Å². The van der Waals surface area contributed by atoms with Gasteiger partial charge in [-0.25, -0.2) is 9.37 Å². The number of rotatable bonds is 6. The Morgan fingerprint density at radius 3 is 2.76 bits per heavy atom. The van der Waals surface area contributed by atoms with Crippen LogP contribution in [0.5, 0.6) is 0 Å². The molecule has 0 radical (unpaired) electrons. The lowest BCUT2D eigenvalue weighted by Gasteiger charge is -2.09. The van der Waals surface area contributed by atoms with Crippen molar-refractivity contribution in [1.29, 1.82) is 0 Å². The fraction of sp³-hybridized carbons (Fsp3) is 0.179. The average Bonchev–Trinajstić information content (AvgIpc) is 3.61. The number of nitrogens with one attached hydrogen (secondary N) is 3. The maximum absolute atomic E-state index is 15.2. The van der Waals surface area contributed by atoms with Crippen molar-refractivity contribution in [2.24, 2.45) is 5.92 Å². The van der Waals surface area contributed by atoms with E-state index in [9.17, 15) is 4.79 Å². The Hall–Kier alpha value is -4.44. The number of aromatic nitrogens is 6. The van der Waals surface area contributed by atoms with Gasteiger partial charge in [-0.05, 0) is 54.8 Å². The van der Waals surface area contributed by atoms with Crippen LogP contribution in [0.2, 0.25) is 0 Å². The van der Waals surface area contributed by atoms with Gasteiger partial charge in [0.2, 0.25) is 5.91 Å². The second kappa shape index (κ2) is 9.46. The van der Waals surface area contributed by atoms with Crippen LogP contribution in [0.15, 0.2) is 55.0 Å². The van der Waals surface area contributed by atoms with Crippen LogP contribution in [0.1, 0.15) is 25.1 Å². The quantitative estimate of drug-likeness (QED) is 0.223. The van der Waals surface area contributed by atoms with Crippen LogP contribution in [-0.4, -0.2) is 36.0 Å². The summed E-state index contributed by atoms with van der Waals surface area (Å²) in [6.45, 7) is 6.02. The van der Waals surface area contributed by atoms with E-state index in [2.05, 4.69) is 43.5 Å². The van der Waals surface area contributed by atoms with E-state index in [4.69, 9.17) is 4.98 Å². The highest BCUT2D eigenvalue weighted by atomic mass is 32.1. The minimum Gasteiger partial charge on any atom is -0.337 e. The summed E-state index contributed by atoms with van der Waals surface area (Å²) in [6.07, 6.45) is 5.37. The van der Waals surface area contributed by atoms with Crippen molar-refractivity contribution in [1.82, 2.24) is 30.1 Å². The van der Waals surface area contributed by atoms with Crippen molar-refractivity contribution in [3.05, 3.63) is 65.7 Å². The number of fused-ring (bicyclic) bond motifs is 2. The van der Waals surface area contributed by atoms with Gasteiger partial charge < -0.3 is 10.3 Å². The molecule has 1 aromatic carbocycles. The zero-order valence-corrected chi connectivity index (χ0v) is 21.8. The monoisotopic (exact) mass is 525 g/mol. The van der Waals surface area contributed by atoms with Gasteiger partial charge in [-0.15, -0.1) is 11.3 Å². The number of aryl methyl sites for hydroxylation is 1. The third-order valence-electron chi connectivity index (χ3n) is 6.17. The van der Waals surface area contributed by atoms with Crippen LogP contribution in [0, 0.1) is 18.7 Å². The normalized spacial score (nSPS) is 11.6. The molecule has 0 atom stereocenters. The van der Waals surface area contributed by atoms with Crippen LogP contribution < -0.4 is 5.32 Å². The number of nitrogens with zero attached hydrogens (tertiary/aromatic N) is 4.